The lowest BCUT2D eigenvalue weighted by Crippen LogP contribution is -2.16. The van der Waals surface area contributed by atoms with Gasteiger partial charge in [0.15, 0.2) is 5.82 Å². The number of ether oxygens (including phenoxy) is 1. The second-order valence-electron chi connectivity index (χ2n) is 4.31. The number of aromatic nitrogens is 1. The highest BCUT2D eigenvalue weighted by Gasteiger charge is 2.21. The highest BCUT2D eigenvalue weighted by Crippen LogP contribution is 2.24. The van der Waals surface area contributed by atoms with Crippen LogP contribution in [-0.2, 0) is 10.0 Å². The summed E-state index contributed by atoms with van der Waals surface area (Å²) in [6.45, 7) is 4.11. The third-order valence-corrected chi connectivity index (χ3v) is 4.03. The van der Waals surface area contributed by atoms with E-state index in [1.807, 2.05) is 6.92 Å². The number of benzene rings is 1. The van der Waals surface area contributed by atoms with E-state index in [0.29, 0.717) is 23.6 Å². The van der Waals surface area contributed by atoms with Crippen LogP contribution in [0.1, 0.15) is 12.5 Å². The molecular formula is C14H15FN2O3S. The molecule has 1 heterocycles. The van der Waals surface area contributed by atoms with Crippen molar-refractivity contribution in [1.29, 1.82) is 0 Å². The van der Waals surface area contributed by atoms with Crippen molar-refractivity contribution in [2.45, 2.75) is 18.9 Å². The summed E-state index contributed by atoms with van der Waals surface area (Å²) >= 11 is 0. The van der Waals surface area contributed by atoms with Crippen LogP contribution in [0, 0.1) is 12.7 Å². The summed E-state index contributed by atoms with van der Waals surface area (Å²) < 4.78 is 45.5. The van der Waals surface area contributed by atoms with Crippen LogP contribution in [-0.4, -0.2) is 20.0 Å². The Balaban J connectivity index is 2.31. The molecule has 0 bridgehead atoms. The van der Waals surface area contributed by atoms with E-state index in [1.54, 1.807) is 25.1 Å². The van der Waals surface area contributed by atoms with Crippen molar-refractivity contribution in [2.24, 2.45) is 0 Å². The Morgan fingerprint density at radius 2 is 2.10 bits per heavy atom. The number of aryl methyl sites for hydroxylation is 1. The van der Waals surface area contributed by atoms with E-state index in [0.717, 1.165) is 6.07 Å². The summed E-state index contributed by atoms with van der Waals surface area (Å²) in [6, 6.07) is 7.29. The zero-order valence-electron chi connectivity index (χ0n) is 11.6. The van der Waals surface area contributed by atoms with Crippen LogP contribution in [0.25, 0.3) is 0 Å². The largest absolute Gasteiger partial charge is 0.494 e. The minimum Gasteiger partial charge on any atom is -0.494 e. The Morgan fingerprint density at radius 3 is 2.71 bits per heavy atom. The fraction of sp³-hybridized carbons (Fsp3) is 0.214. The Bertz CT molecular complexity index is 748. The van der Waals surface area contributed by atoms with Crippen LogP contribution in [0.15, 0.2) is 41.6 Å². The number of hydrogen-bond acceptors (Lipinski definition) is 4. The van der Waals surface area contributed by atoms with Gasteiger partial charge in [0, 0.05) is 6.20 Å². The molecule has 21 heavy (non-hydrogen) atoms. The van der Waals surface area contributed by atoms with Crippen molar-refractivity contribution in [1.82, 2.24) is 4.98 Å². The average molecular weight is 310 g/mol. The van der Waals surface area contributed by atoms with Crippen molar-refractivity contribution in [3.8, 4) is 5.75 Å². The van der Waals surface area contributed by atoms with Gasteiger partial charge in [0.05, 0.1) is 12.3 Å². The van der Waals surface area contributed by atoms with E-state index >= 15 is 0 Å². The summed E-state index contributed by atoms with van der Waals surface area (Å²) in [5, 5.41) is -0.627. The lowest BCUT2D eigenvalue weighted by atomic mass is 10.2. The molecule has 112 valence electrons. The predicted molar refractivity (Wildman–Crippen MR) is 77.4 cm³/mol. The topological polar surface area (TPSA) is 68.3 Å². The second-order valence-corrected chi connectivity index (χ2v) is 5.90. The van der Waals surface area contributed by atoms with Gasteiger partial charge in [0.25, 0.3) is 10.0 Å². The summed E-state index contributed by atoms with van der Waals surface area (Å²) in [4.78, 5) is 3.57. The quantitative estimate of drug-likeness (QED) is 0.922. The molecule has 0 atom stereocenters. The molecule has 0 aliphatic rings. The van der Waals surface area contributed by atoms with Gasteiger partial charge in [-0.1, -0.05) is 0 Å². The molecule has 0 unspecified atom stereocenters. The van der Waals surface area contributed by atoms with Gasteiger partial charge in [0.1, 0.15) is 5.75 Å². The van der Waals surface area contributed by atoms with Crippen LogP contribution in [0.5, 0.6) is 5.75 Å². The van der Waals surface area contributed by atoms with Gasteiger partial charge >= 0.3 is 0 Å². The molecule has 1 aromatic heterocycles. The van der Waals surface area contributed by atoms with Gasteiger partial charge in [-0.3, -0.25) is 4.72 Å². The summed E-state index contributed by atoms with van der Waals surface area (Å²) in [5.41, 5.74) is 1.02. The van der Waals surface area contributed by atoms with Crippen molar-refractivity contribution in [2.75, 3.05) is 11.3 Å². The lowest BCUT2D eigenvalue weighted by molar-refractivity contribution is 0.340. The van der Waals surface area contributed by atoms with Crippen LogP contribution in [0.3, 0.4) is 0 Å². The molecule has 0 spiro atoms. The molecular weight excluding hydrogens is 295 g/mol. The van der Waals surface area contributed by atoms with Crippen molar-refractivity contribution >= 4 is 15.7 Å². The first-order chi connectivity index (χ1) is 9.94. The number of halogens is 1. The maximum absolute atomic E-state index is 13.6. The standard InChI is InChI=1S/C14H15FN2O3S/c1-3-20-11-6-7-13(10(2)9-11)17-21(18,19)14-12(15)5-4-8-16-14/h4-9,17H,3H2,1-2H3. The summed E-state index contributed by atoms with van der Waals surface area (Å²) in [5.74, 6) is -0.254. The third-order valence-electron chi connectivity index (χ3n) is 2.73. The smallest absolute Gasteiger partial charge is 0.282 e. The number of rotatable bonds is 5. The first kappa shape index (κ1) is 15.2. The zero-order chi connectivity index (χ0) is 15.5. The average Bonchev–Trinajstić information content (AvgIpc) is 2.42. The molecule has 0 fully saturated rings. The van der Waals surface area contributed by atoms with E-state index in [4.69, 9.17) is 4.74 Å². The molecule has 2 aromatic rings. The van der Waals surface area contributed by atoms with E-state index in [1.165, 1.54) is 12.3 Å². The molecule has 0 saturated heterocycles. The van der Waals surface area contributed by atoms with Gasteiger partial charge in [-0.2, -0.15) is 8.42 Å². The zero-order valence-corrected chi connectivity index (χ0v) is 12.4. The van der Waals surface area contributed by atoms with Gasteiger partial charge in [0.2, 0.25) is 5.03 Å². The van der Waals surface area contributed by atoms with Crippen molar-refractivity contribution < 1.29 is 17.5 Å². The Kier molecular flexibility index (Phi) is 4.42. The number of hydrogen-bond donors (Lipinski definition) is 1. The Hall–Kier alpha value is -2.15. The first-order valence-electron chi connectivity index (χ1n) is 6.31. The van der Waals surface area contributed by atoms with E-state index in [2.05, 4.69) is 9.71 Å². The predicted octanol–water partition coefficient (Wildman–Crippen LogP) is 2.73. The van der Waals surface area contributed by atoms with Crippen LogP contribution >= 0.6 is 0 Å². The highest BCUT2D eigenvalue weighted by molar-refractivity contribution is 7.92. The molecule has 0 radical (unpaired) electrons. The molecule has 0 saturated carbocycles. The van der Waals surface area contributed by atoms with Crippen molar-refractivity contribution in [3.63, 3.8) is 0 Å². The molecule has 7 heteroatoms. The van der Waals surface area contributed by atoms with Gasteiger partial charge in [-0.05, 0) is 49.7 Å². The minimum absolute atomic E-state index is 0.350. The van der Waals surface area contributed by atoms with Crippen LogP contribution in [0.4, 0.5) is 10.1 Å². The lowest BCUT2D eigenvalue weighted by Gasteiger charge is -2.12. The SMILES string of the molecule is CCOc1ccc(NS(=O)(=O)c2ncccc2F)c(C)c1. The Morgan fingerprint density at radius 1 is 1.33 bits per heavy atom. The Labute approximate surface area is 122 Å². The third kappa shape index (κ3) is 3.49. The van der Waals surface area contributed by atoms with Crippen LogP contribution in [0.2, 0.25) is 0 Å². The molecule has 5 nitrogen and oxygen atoms in total. The van der Waals surface area contributed by atoms with Gasteiger partial charge in [-0.15, -0.1) is 0 Å². The first-order valence-corrected chi connectivity index (χ1v) is 7.79. The van der Waals surface area contributed by atoms with Gasteiger partial charge < -0.3 is 4.74 Å². The summed E-state index contributed by atoms with van der Waals surface area (Å²) in [6.07, 6.45) is 1.22. The normalized spacial score (nSPS) is 11.2. The molecule has 2 rings (SSSR count). The number of nitrogens with one attached hydrogen (secondary N) is 1. The summed E-state index contributed by atoms with van der Waals surface area (Å²) in [7, 11) is -4.07. The van der Waals surface area contributed by atoms with Gasteiger partial charge in [-0.25, -0.2) is 9.37 Å². The fourth-order valence-electron chi connectivity index (χ4n) is 1.77. The monoisotopic (exact) mass is 310 g/mol. The molecule has 0 aliphatic carbocycles. The van der Waals surface area contributed by atoms with Crippen LogP contribution < -0.4 is 9.46 Å². The maximum Gasteiger partial charge on any atom is 0.282 e. The number of anilines is 1. The molecule has 1 N–H and O–H groups in total. The minimum atomic E-state index is -4.07. The number of sulfonamides is 1. The van der Waals surface area contributed by atoms with E-state index in [-0.39, 0.29) is 0 Å². The number of pyridine rings is 1. The molecule has 1 aromatic carbocycles. The molecule has 0 amide bonds. The maximum atomic E-state index is 13.6. The highest BCUT2D eigenvalue weighted by atomic mass is 32.2. The van der Waals surface area contributed by atoms with Crippen molar-refractivity contribution in [3.05, 3.63) is 47.9 Å². The number of nitrogens with zero attached hydrogens (tertiary/aromatic N) is 1. The van der Waals surface area contributed by atoms with E-state index < -0.39 is 20.9 Å². The molecule has 0 aliphatic heterocycles. The van der Waals surface area contributed by atoms with E-state index in [9.17, 15) is 12.8 Å². The second kappa shape index (κ2) is 6.09. The fourth-order valence-corrected chi connectivity index (χ4v) is 2.91.